The summed E-state index contributed by atoms with van der Waals surface area (Å²) in [6.07, 6.45) is 0.816. The summed E-state index contributed by atoms with van der Waals surface area (Å²) in [5.41, 5.74) is 2.25. The van der Waals surface area contributed by atoms with Gasteiger partial charge in [0.05, 0.1) is 31.3 Å². The molecule has 2 aromatic rings. The number of rotatable bonds is 5. The smallest absolute Gasteiger partial charge is 0.271 e. The van der Waals surface area contributed by atoms with Gasteiger partial charge in [-0.1, -0.05) is 6.07 Å². The van der Waals surface area contributed by atoms with Gasteiger partial charge in [0, 0.05) is 24.2 Å². The van der Waals surface area contributed by atoms with Crippen LogP contribution in [0, 0.1) is 10.1 Å². The lowest BCUT2D eigenvalue weighted by Crippen LogP contribution is -2.30. The zero-order valence-electron chi connectivity index (χ0n) is 14.0. The fourth-order valence-electron chi connectivity index (χ4n) is 3.02. The van der Waals surface area contributed by atoms with Crippen molar-refractivity contribution in [1.29, 1.82) is 0 Å². The fraction of sp³-hybridized carbons (Fsp3) is 0.278. The molecule has 0 aromatic heterocycles. The van der Waals surface area contributed by atoms with E-state index in [0.29, 0.717) is 35.7 Å². The number of carbonyl (C=O) groups excluding carboxylic acids is 1. The molecule has 1 amide bonds. The number of methoxy groups -OCH3 is 2. The lowest BCUT2D eigenvalue weighted by Gasteiger charge is -2.18. The molecule has 0 saturated carbocycles. The highest BCUT2D eigenvalue weighted by Crippen LogP contribution is 2.33. The largest absolute Gasteiger partial charge is 0.497 e. The number of carbonyl (C=O) groups is 1. The number of nitro groups is 1. The minimum Gasteiger partial charge on any atom is -0.497 e. The number of non-ortho nitro benzene ring substituents is 1. The maximum Gasteiger partial charge on any atom is 0.271 e. The number of benzene rings is 2. The first-order valence-electron chi connectivity index (χ1n) is 7.82. The van der Waals surface area contributed by atoms with Gasteiger partial charge in [-0.2, -0.15) is 0 Å². The number of hydrogen-bond acceptors (Lipinski definition) is 5. The van der Waals surface area contributed by atoms with E-state index in [0.717, 1.165) is 5.56 Å². The Bertz CT molecular complexity index is 834. The van der Waals surface area contributed by atoms with Gasteiger partial charge in [-0.3, -0.25) is 14.9 Å². The first-order valence-corrected chi connectivity index (χ1v) is 7.82. The predicted octanol–water partition coefficient (Wildman–Crippen LogP) is 2.74. The second-order valence-electron chi connectivity index (χ2n) is 5.72. The number of amides is 1. The summed E-state index contributed by atoms with van der Waals surface area (Å²) in [6, 6.07) is 9.93. The third-order valence-electron chi connectivity index (χ3n) is 4.31. The van der Waals surface area contributed by atoms with Crippen LogP contribution in [0.5, 0.6) is 11.5 Å². The topological polar surface area (TPSA) is 81.9 Å². The quantitative estimate of drug-likeness (QED) is 0.616. The lowest BCUT2D eigenvalue weighted by molar-refractivity contribution is -0.384. The van der Waals surface area contributed by atoms with Gasteiger partial charge in [0.1, 0.15) is 11.5 Å². The van der Waals surface area contributed by atoms with Crippen LogP contribution in [-0.4, -0.2) is 31.6 Å². The molecule has 0 N–H and O–H groups in total. The van der Waals surface area contributed by atoms with E-state index in [1.165, 1.54) is 12.1 Å². The molecule has 0 unspecified atom stereocenters. The van der Waals surface area contributed by atoms with E-state index in [4.69, 9.17) is 9.47 Å². The second kappa shape index (κ2) is 6.80. The van der Waals surface area contributed by atoms with Crippen LogP contribution in [0.25, 0.3) is 0 Å². The molecule has 0 bridgehead atoms. The highest BCUT2D eigenvalue weighted by atomic mass is 16.6. The highest BCUT2D eigenvalue weighted by Gasteiger charge is 2.27. The first-order chi connectivity index (χ1) is 12.0. The zero-order valence-corrected chi connectivity index (χ0v) is 14.0. The van der Waals surface area contributed by atoms with Crippen LogP contribution in [0.2, 0.25) is 0 Å². The van der Waals surface area contributed by atoms with Gasteiger partial charge >= 0.3 is 0 Å². The Labute approximate surface area is 144 Å². The van der Waals surface area contributed by atoms with Crippen LogP contribution in [0.4, 0.5) is 11.4 Å². The number of fused-ring (bicyclic) bond motifs is 1. The van der Waals surface area contributed by atoms with E-state index in [-0.39, 0.29) is 18.0 Å². The van der Waals surface area contributed by atoms with Crippen LogP contribution in [0.1, 0.15) is 11.1 Å². The summed E-state index contributed by atoms with van der Waals surface area (Å²) in [5.74, 6) is 1.11. The van der Waals surface area contributed by atoms with Gasteiger partial charge < -0.3 is 14.4 Å². The molecule has 0 atom stereocenters. The number of nitro benzene ring substituents is 1. The maximum atomic E-state index is 12.8. The van der Waals surface area contributed by atoms with Crippen molar-refractivity contribution in [1.82, 2.24) is 0 Å². The molecule has 0 saturated heterocycles. The Hall–Kier alpha value is -3.09. The second-order valence-corrected chi connectivity index (χ2v) is 5.72. The van der Waals surface area contributed by atoms with E-state index in [1.54, 1.807) is 43.4 Å². The van der Waals surface area contributed by atoms with Gasteiger partial charge in [0.2, 0.25) is 5.91 Å². The van der Waals surface area contributed by atoms with Crippen LogP contribution >= 0.6 is 0 Å². The maximum absolute atomic E-state index is 12.8. The van der Waals surface area contributed by atoms with Crippen molar-refractivity contribution in [3.63, 3.8) is 0 Å². The van der Waals surface area contributed by atoms with E-state index in [9.17, 15) is 14.9 Å². The molecule has 2 aromatic carbocycles. The molecule has 7 nitrogen and oxygen atoms in total. The molecule has 130 valence electrons. The van der Waals surface area contributed by atoms with E-state index < -0.39 is 4.92 Å². The Morgan fingerprint density at radius 3 is 2.68 bits per heavy atom. The van der Waals surface area contributed by atoms with Gasteiger partial charge in [-0.25, -0.2) is 0 Å². The number of nitrogens with zero attached hydrogens (tertiary/aromatic N) is 2. The van der Waals surface area contributed by atoms with Gasteiger partial charge in [0.15, 0.2) is 0 Å². The van der Waals surface area contributed by atoms with Gasteiger partial charge in [0.25, 0.3) is 5.69 Å². The van der Waals surface area contributed by atoms with Crippen molar-refractivity contribution in [3.05, 3.63) is 57.6 Å². The van der Waals surface area contributed by atoms with Gasteiger partial charge in [-0.05, 0) is 30.2 Å². The van der Waals surface area contributed by atoms with Crippen LogP contribution in [-0.2, 0) is 17.6 Å². The molecule has 0 spiro atoms. The van der Waals surface area contributed by atoms with E-state index >= 15 is 0 Å². The number of anilines is 1. The van der Waals surface area contributed by atoms with Crippen molar-refractivity contribution >= 4 is 17.3 Å². The van der Waals surface area contributed by atoms with Crippen molar-refractivity contribution in [3.8, 4) is 11.5 Å². The summed E-state index contributed by atoms with van der Waals surface area (Å²) in [5, 5.41) is 11.0. The van der Waals surface area contributed by atoms with Crippen LogP contribution in [0.15, 0.2) is 36.4 Å². The summed E-state index contributed by atoms with van der Waals surface area (Å²) in [7, 11) is 3.10. The van der Waals surface area contributed by atoms with Crippen molar-refractivity contribution in [2.24, 2.45) is 0 Å². The molecule has 0 aliphatic carbocycles. The third kappa shape index (κ3) is 3.26. The number of ether oxygens (including phenoxy) is 2. The van der Waals surface area contributed by atoms with Gasteiger partial charge in [-0.15, -0.1) is 0 Å². The number of hydrogen-bond donors (Lipinski definition) is 0. The fourth-order valence-corrected chi connectivity index (χ4v) is 3.02. The minimum atomic E-state index is -0.452. The molecule has 25 heavy (non-hydrogen) atoms. The SMILES string of the molecule is COc1ccc(OC)c(CC(=O)N2CCc3ccc([N+](=O)[O-])cc32)c1. The standard InChI is InChI=1S/C18H18N2O5/c1-24-15-5-6-17(25-2)13(9-15)10-18(21)19-8-7-12-3-4-14(20(22)23)11-16(12)19/h3-6,9,11H,7-8,10H2,1-2H3. The average Bonchev–Trinajstić information content (AvgIpc) is 3.04. The average molecular weight is 342 g/mol. The Balaban J connectivity index is 1.87. The zero-order chi connectivity index (χ0) is 18.0. The highest BCUT2D eigenvalue weighted by molar-refractivity contribution is 5.97. The summed E-state index contributed by atoms with van der Waals surface area (Å²) in [4.78, 5) is 24.9. The Morgan fingerprint density at radius 2 is 2.00 bits per heavy atom. The lowest BCUT2D eigenvalue weighted by atomic mass is 10.1. The summed E-state index contributed by atoms with van der Waals surface area (Å²) in [6.45, 7) is 0.515. The Kier molecular flexibility index (Phi) is 4.56. The molecule has 1 heterocycles. The van der Waals surface area contributed by atoms with E-state index in [2.05, 4.69) is 0 Å². The predicted molar refractivity (Wildman–Crippen MR) is 92.4 cm³/mol. The molecular formula is C18H18N2O5. The van der Waals surface area contributed by atoms with E-state index in [1.807, 2.05) is 0 Å². The van der Waals surface area contributed by atoms with Crippen molar-refractivity contribution in [2.75, 3.05) is 25.7 Å². The monoisotopic (exact) mass is 342 g/mol. The van der Waals surface area contributed by atoms with Crippen molar-refractivity contribution < 1.29 is 19.2 Å². The summed E-state index contributed by atoms with van der Waals surface area (Å²) >= 11 is 0. The molecule has 7 heteroatoms. The van der Waals surface area contributed by atoms with Crippen LogP contribution < -0.4 is 14.4 Å². The molecule has 0 radical (unpaired) electrons. The van der Waals surface area contributed by atoms with Crippen LogP contribution in [0.3, 0.4) is 0 Å². The Morgan fingerprint density at radius 1 is 1.20 bits per heavy atom. The third-order valence-corrected chi connectivity index (χ3v) is 4.31. The first kappa shape index (κ1) is 16.8. The summed E-state index contributed by atoms with van der Waals surface area (Å²) < 4.78 is 10.5. The molecule has 1 aliphatic heterocycles. The molecule has 1 aliphatic rings. The molecular weight excluding hydrogens is 324 g/mol. The molecule has 3 rings (SSSR count). The normalized spacial score (nSPS) is 12.6. The molecule has 0 fully saturated rings. The minimum absolute atomic E-state index is 0.0163. The van der Waals surface area contributed by atoms with Crippen molar-refractivity contribution in [2.45, 2.75) is 12.8 Å².